The van der Waals surface area contributed by atoms with Gasteiger partial charge in [-0.05, 0) is 68.9 Å². The Kier molecular flexibility index (Phi) is 8.66. The van der Waals surface area contributed by atoms with Gasteiger partial charge in [0.15, 0.2) is 5.82 Å². The number of hydrogen-bond donors (Lipinski definition) is 0. The van der Waals surface area contributed by atoms with Crippen LogP contribution in [0, 0.1) is 13.8 Å². The molecule has 4 heteroatoms. The van der Waals surface area contributed by atoms with Gasteiger partial charge in [0.1, 0.15) is 0 Å². The molecule has 0 aliphatic carbocycles. The second-order valence-electron chi connectivity index (χ2n) is 13.6. The average molecular weight is 710 g/mol. The van der Waals surface area contributed by atoms with Gasteiger partial charge in [-0.25, -0.2) is 9.97 Å². The summed E-state index contributed by atoms with van der Waals surface area (Å²) in [5.41, 5.74) is 10.9. The molecule has 0 fully saturated rings. The van der Waals surface area contributed by atoms with Crippen molar-refractivity contribution >= 4 is 61.3 Å². The van der Waals surface area contributed by atoms with Gasteiger partial charge < -0.3 is 0 Å². The minimum atomic E-state index is 0.668. The molecular formula is C50H35N3S. The Balaban J connectivity index is 1.18. The van der Waals surface area contributed by atoms with Gasteiger partial charge in [0.2, 0.25) is 0 Å². The molecule has 0 unspecified atom stereocenters. The molecule has 0 spiro atoms. The van der Waals surface area contributed by atoms with Crippen LogP contribution in [0.2, 0.25) is 0 Å². The summed E-state index contributed by atoms with van der Waals surface area (Å²) < 4.78 is 0. The lowest BCUT2D eigenvalue weighted by Crippen LogP contribution is -2.03. The van der Waals surface area contributed by atoms with Crippen LogP contribution in [-0.2, 0) is 0 Å². The molecule has 256 valence electrons. The van der Waals surface area contributed by atoms with Crippen molar-refractivity contribution in [1.82, 2.24) is 9.97 Å². The van der Waals surface area contributed by atoms with Crippen LogP contribution >= 0.6 is 12.2 Å². The van der Waals surface area contributed by atoms with E-state index in [1.165, 1.54) is 37.9 Å². The van der Waals surface area contributed by atoms with Crippen LogP contribution < -0.4 is 0 Å². The normalized spacial score (nSPS) is 11.5. The third-order valence-electron chi connectivity index (χ3n) is 10.3. The third kappa shape index (κ3) is 6.07. The largest absolute Gasteiger partial charge is 0.256 e. The number of aryl methyl sites for hydroxylation is 1. The maximum atomic E-state index is 6.08. The molecule has 0 bridgehead atoms. The summed E-state index contributed by atoms with van der Waals surface area (Å²) in [6.45, 7) is 4.33. The average Bonchev–Trinajstić information content (AvgIpc) is 3.23. The summed E-state index contributed by atoms with van der Waals surface area (Å²) in [5, 5.41) is 7.18. The highest BCUT2D eigenvalue weighted by molar-refractivity contribution is 7.81. The van der Waals surface area contributed by atoms with Crippen molar-refractivity contribution in [3.05, 3.63) is 198 Å². The fourth-order valence-corrected chi connectivity index (χ4v) is 7.79. The predicted octanol–water partition coefficient (Wildman–Crippen LogP) is 13.1. The van der Waals surface area contributed by atoms with Crippen molar-refractivity contribution in [1.29, 1.82) is 0 Å². The lowest BCUT2D eigenvalue weighted by Gasteiger charge is -2.18. The number of nitrogens with zero attached hydrogens (tertiary/aromatic N) is 3. The van der Waals surface area contributed by atoms with Crippen molar-refractivity contribution in [2.24, 2.45) is 4.99 Å². The zero-order valence-corrected chi connectivity index (χ0v) is 30.8. The van der Waals surface area contributed by atoms with Crippen LogP contribution in [0.1, 0.15) is 27.8 Å². The van der Waals surface area contributed by atoms with Gasteiger partial charge >= 0.3 is 0 Å². The zero-order valence-electron chi connectivity index (χ0n) is 30.0. The van der Waals surface area contributed by atoms with E-state index in [1.54, 1.807) is 0 Å². The first-order valence-electron chi connectivity index (χ1n) is 18.1. The second-order valence-corrected chi connectivity index (χ2v) is 14.0. The predicted molar refractivity (Wildman–Crippen MR) is 231 cm³/mol. The Bertz CT molecular complexity index is 2910. The maximum Gasteiger partial charge on any atom is 0.160 e. The van der Waals surface area contributed by atoms with E-state index in [-0.39, 0.29) is 0 Å². The third-order valence-corrected chi connectivity index (χ3v) is 10.7. The monoisotopic (exact) mass is 709 g/mol. The first-order valence-corrected chi connectivity index (χ1v) is 18.6. The van der Waals surface area contributed by atoms with Crippen molar-refractivity contribution in [3.63, 3.8) is 0 Å². The van der Waals surface area contributed by atoms with E-state index in [9.17, 15) is 0 Å². The smallest absolute Gasteiger partial charge is 0.160 e. The number of fused-ring (bicyclic) bond motifs is 4. The number of benzene rings is 8. The highest BCUT2D eigenvalue weighted by Crippen LogP contribution is 2.40. The first-order chi connectivity index (χ1) is 26.5. The van der Waals surface area contributed by atoms with Gasteiger partial charge in [0.25, 0.3) is 0 Å². The molecule has 0 aliphatic heterocycles. The Hall–Kier alpha value is -6.62. The minimum absolute atomic E-state index is 0.668. The van der Waals surface area contributed by atoms with Crippen molar-refractivity contribution in [3.8, 4) is 33.9 Å². The van der Waals surface area contributed by atoms with E-state index in [0.29, 0.717) is 5.82 Å². The van der Waals surface area contributed by atoms with Gasteiger partial charge in [0, 0.05) is 34.0 Å². The number of rotatable bonds is 7. The molecule has 0 saturated carbocycles. The summed E-state index contributed by atoms with van der Waals surface area (Å²) in [4.78, 5) is 16.3. The molecule has 9 rings (SSSR count). The number of thiocarbonyl (C=S) groups is 1. The number of para-hydroxylation sites is 1. The molecule has 0 saturated heterocycles. The fraction of sp³-hybridized carbons (Fsp3) is 0.0400. The van der Waals surface area contributed by atoms with Crippen LogP contribution in [-0.4, -0.2) is 21.0 Å². The van der Waals surface area contributed by atoms with E-state index in [1.807, 2.05) is 60.8 Å². The standard InChI is InChI=1S/C50H35N3S/c1-32-23-24-36-16-7-9-18-40(36)46(32)48-33(2)47(43-21-12-20-41-39-17-8-6-15-35(39)29-30-42(41)43)52-50(53-48)38-27-25-37(26-28-38)49(54)44-19-10-11-22-45(44)51-31-34-13-4-3-5-14-34/h3-31H,1-2H3. The lowest BCUT2D eigenvalue weighted by molar-refractivity contribution is 1.15. The zero-order chi connectivity index (χ0) is 36.6. The highest BCUT2D eigenvalue weighted by atomic mass is 32.1. The molecule has 0 radical (unpaired) electrons. The Morgan fingerprint density at radius 3 is 2.00 bits per heavy atom. The van der Waals surface area contributed by atoms with Gasteiger partial charge in [-0.2, -0.15) is 0 Å². The molecule has 54 heavy (non-hydrogen) atoms. The molecule has 3 nitrogen and oxygen atoms in total. The van der Waals surface area contributed by atoms with E-state index < -0.39 is 0 Å². The van der Waals surface area contributed by atoms with Gasteiger partial charge in [-0.15, -0.1) is 0 Å². The van der Waals surface area contributed by atoms with Gasteiger partial charge in [-0.3, -0.25) is 4.99 Å². The number of hydrogen-bond acceptors (Lipinski definition) is 4. The van der Waals surface area contributed by atoms with E-state index in [2.05, 4.69) is 129 Å². The van der Waals surface area contributed by atoms with Crippen molar-refractivity contribution < 1.29 is 0 Å². The SMILES string of the molecule is Cc1ccc2ccccc2c1-c1nc(-c2ccc(C(=S)c3ccccc3N=Cc3ccccc3)cc2)nc(-c2cccc3c2ccc2ccccc23)c1C. The summed E-state index contributed by atoms with van der Waals surface area (Å²) in [7, 11) is 0. The molecule has 0 aliphatic rings. The maximum absolute atomic E-state index is 6.08. The van der Waals surface area contributed by atoms with E-state index in [0.717, 1.165) is 60.9 Å². The topological polar surface area (TPSA) is 38.1 Å². The van der Waals surface area contributed by atoms with Gasteiger partial charge in [-0.1, -0.05) is 176 Å². The Morgan fingerprint density at radius 1 is 0.537 bits per heavy atom. The Labute approximate surface area is 320 Å². The molecule has 1 aromatic heterocycles. The van der Waals surface area contributed by atoms with Crippen LogP contribution in [0.3, 0.4) is 0 Å². The number of aromatic nitrogens is 2. The summed E-state index contributed by atoms with van der Waals surface area (Å²) in [6.07, 6.45) is 1.88. The first kappa shape index (κ1) is 33.2. The lowest BCUT2D eigenvalue weighted by atomic mass is 9.91. The second kappa shape index (κ2) is 14.1. The molecule has 8 aromatic carbocycles. The molecule has 9 aromatic rings. The highest BCUT2D eigenvalue weighted by Gasteiger charge is 2.20. The van der Waals surface area contributed by atoms with E-state index in [4.69, 9.17) is 27.2 Å². The number of aliphatic imine (C=N–C) groups is 1. The summed E-state index contributed by atoms with van der Waals surface area (Å²) >= 11 is 6.08. The molecule has 0 atom stereocenters. The van der Waals surface area contributed by atoms with Crippen molar-refractivity contribution in [2.45, 2.75) is 13.8 Å². The quantitative estimate of drug-likeness (QED) is 0.0716. The van der Waals surface area contributed by atoms with E-state index >= 15 is 0 Å². The minimum Gasteiger partial charge on any atom is -0.256 e. The van der Waals surface area contributed by atoms with Crippen LogP contribution in [0.15, 0.2) is 175 Å². The fourth-order valence-electron chi connectivity index (χ4n) is 7.48. The van der Waals surface area contributed by atoms with Crippen LogP contribution in [0.25, 0.3) is 66.2 Å². The molecule has 0 amide bonds. The van der Waals surface area contributed by atoms with Crippen molar-refractivity contribution in [2.75, 3.05) is 0 Å². The van der Waals surface area contributed by atoms with Gasteiger partial charge in [0.05, 0.1) is 21.9 Å². The summed E-state index contributed by atoms with van der Waals surface area (Å²) in [5.74, 6) is 0.668. The molecule has 1 heterocycles. The Morgan fingerprint density at radius 2 is 1.19 bits per heavy atom. The van der Waals surface area contributed by atoms with Crippen LogP contribution in [0.4, 0.5) is 5.69 Å². The van der Waals surface area contributed by atoms with Crippen LogP contribution in [0.5, 0.6) is 0 Å². The molecule has 0 N–H and O–H groups in total. The summed E-state index contributed by atoms with van der Waals surface area (Å²) in [6, 6.07) is 58.9. The molecular weight excluding hydrogens is 675 g/mol.